The summed E-state index contributed by atoms with van der Waals surface area (Å²) in [6, 6.07) is 0. The number of carbonyl (C=O) groups excluding carboxylic acids is 1. The minimum Gasteiger partial charge on any atom is -0.391 e. The maximum Gasteiger partial charge on any atom is 0.255 e. The van der Waals surface area contributed by atoms with Crippen LogP contribution in [0.1, 0.15) is 47.0 Å². The van der Waals surface area contributed by atoms with E-state index >= 15 is 0 Å². The number of thiophene rings is 1. The van der Waals surface area contributed by atoms with E-state index in [1.165, 1.54) is 16.9 Å². The highest BCUT2D eigenvalue weighted by atomic mass is 32.1. The SMILES string of the molecule is CC1CCc2c(C(=O)N3CCCC(O)C3)csc2C1. The molecular formula is C15H21NO2S. The number of aliphatic hydroxyl groups excluding tert-OH is 1. The molecule has 3 rings (SSSR count). The number of nitrogens with zero attached hydrogens (tertiary/aromatic N) is 1. The van der Waals surface area contributed by atoms with Crippen molar-refractivity contribution in [3.05, 3.63) is 21.4 Å². The lowest BCUT2D eigenvalue weighted by molar-refractivity contribution is 0.0473. The van der Waals surface area contributed by atoms with Gasteiger partial charge in [0.2, 0.25) is 0 Å². The monoisotopic (exact) mass is 279 g/mol. The van der Waals surface area contributed by atoms with Crippen molar-refractivity contribution in [3.63, 3.8) is 0 Å². The Morgan fingerprint density at radius 3 is 3.11 bits per heavy atom. The molecule has 3 nitrogen and oxygen atoms in total. The van der Waals surface area contributed by atoms with Gasteiger partial charge < -0.3 is 10.0 Å². The van der Waals surface area contributed by atoms with Crippen LogP contribution < -0.4 is 0 Å². The van der Waals surface area contributed by atoms with Crippen LogP contribution in [0.15, 0.2) is 5.38 Å². The lowest BCUT2D eigenvalue weighted by atomic mass is 9.88. The summed E-state index contributed by atoms with van der Waals surface area (Å²) in [5.41, 5.74) is 2.19. The van der Waals surface area contributed by atoms with E-state index in [0.717, 1.165) is 43.7 Å². The van der Waals surface area contributed by atoms with E-state index in [9.17, 15) is 9.90 Å². The van der Waals surface area contributed by atoms with Gasteiger partial charge in [-0.3, -0.25) is 4.79 Å². The topological polar surface area (TPSA) is 40.5 Å². The Labute approximate surface area is 118 Å². The predicted molar refractivity (Wildman–Crippen MR) is 76.7 cm³/mol. The van der Waals surface area contributed by atoms with Gasteiger partial charge in [0.05, 0.1) is 11.7 Å². The first-order valence-electron chi connectivity index (χ1n) is 7.21. The van der Waals surface area contributed by atoms with Gasteiger partial charge in [0.25, 0.3) is 5.91 Å². The highest BCUT2D eigenvalue weighted by Gasteiger charge is 2.28. The molecule has 1 N–H and O–H groups in total. The minimum absolute atomic E-state index is 0.130. The molecule has 0 aromatic carbocycles. The summed E-state index contributed by atoms with van der Waals surface area (Å²) in [5.74, 6) is 0.872. The van der Waals surface area contributed by atoms with Crippen LogP contribution in [0.2, 0.25) is 0 Å². The second-order valence-corrected chi connectivity index (χ2v) is 6.91. The summed E-state index contributed by atoms with van der Waals surface area (Å²) < 4.78 is 0. The molecule has 19 heavy (non-hydrogen) atoms. The fourth-order valence-corrected chi connectivity index (χ4v) is 4.40. The number of amides is 1. The van der Waals surface area contributed by atoms with Crippen molar-refractivity contribution < 1.29 is 9.90 Å². The Kier molecular flexibility index (Phi) is 3.63. The van der Waals surface area contributed by atoms with E-state index in [4.69, 9.17) is 0 Å². The first-order valence-corrected chi connectivity index (χ1v) is 8.09. The Morgan fingerprint density at radius 1 is 1.47 bits per heavy atom. The van der Waals surface area contributed by atoms with E-state index in [1.807, 2.05) is 10.3 Å². The lowest BCUT2D eigenvalue weighted by Gasteiger charge is -2.30. The van der Waals surface area contributed by atoms with Crippen molar-refractivity contribution in [2.75, 3.05) is 13.1 Å². The lowest BCUT2D eigenvalue weighted by Crippen LogP contribution is -2.42. The minimum atomic E-state index is -0.341. The van der Waals surface area contributed by atoms with E-state index in [-0.39, 0.29) is 12.0 Å². The van der Waals surface area contributed by atoms with Crippen LogP contribution in [0.4, 0.5) is 0 Å². The van der Waals surface area contributed by atoms with Gasteiger partial charge in [0.1, 0.15) is 0 Å². The van der Waals surface area contributed by atoms with Gasteiger partial charge in [0.15, 0.2) is 0 Å². The first kappa shape index (κ1) is 13.1. The fourth-order valence-electron chi connectivity index (χ4n) is 3.17. The molecule has 2 aliphatic rings. The molecular weight excluding hydrogens is 258 g/mol. The van der Waals surface area contributed by atoms with Crippen LogP contribution in [0, 0.1) is 5.92 Å². The zero-order chi connectivity index (χ0) is 13.4. The molecule has 2 unspecified atom stereocenters. The molecule has 1 aromatic rings. The number of rotatable bonds is 1. The van der Waals surface area contributed by atoms with E-state index in [1.54, 1.807) is 11.3 Å². The highest BCUT2D eigenvalue weighted by Crippen LogP contribution is 2.33. The van der Waals surface area contributed by atoms with Crippen molar-refractivity contribution in [2.24, 2.45) is 5.92 Å². The average molecular weight is 279 g/mol. The van der Waals surface area contributed by atoms with Crippen LogP contribution in [0.5, 0.6) is 0 Å². The number of hydrogen-bond acceptors (Lipinski definition) is 3. The van der Waals surface area contributed by atoms with Crippen LogP contribution in [0.25, 0.3) is 0 Å². The molecule has 1 aliphatic heterocycles. The van der Waals surface area contributed by atoms with Gasteiger partial charge in [-0.2, -0.15) is 0 Å². The molecule has 2 atom stereocenters. The largest absolute Gasteiger partial charge is 0.391 e. The van der Waals surface area contributed by atoms with Crippen molar-refractivity contribution in [2.45, 2.75) is 45.1 Å². The zero-order valence-electron chi connectivity index (χ0n) is 11.4. The number of hydrogen-bond donors (Lipinski definition) is 1. The summed E-state index contributed by atoms with van der Waals surface area (Å²) in [7, 11) is 0. The molecule has 1 saturated heterocycles. The van der Waals surface area contributed by atoms with Gasteiger partial charge >= 0.3 is 0 Å². The highest BCUT2D eigenvalue weighted by molar-refractivity contribution is 7.10. The van der Waals surface area contributed by atoms with E-state index < -0.39 is 0 Å². The van der Waals surface area contributed by atoms with Crippen LogP contribution in [-0.2, 0) is 12.8 Å². The number of piperidine rings is 1. The molecule has 0 bridgehead atoms. The second-order valence-electron chi connectivity index (χ2n) is 5.95. The van der Waals surface area contributed by atoms with Crippen molar-refractivity contribution in [1.29, 1.82) is 0 Å². The number of fused-ring (bicyclic) bond motifs is 1. The van der Waals surface area contributed by atoms with Gasteiger partial charge in [-0.25, -0.2) is 0 Å². The molecule has 4 heteroatoms. The quantitative estimate of drug-likeness (QED) is 0.858. The van der Waals surface area contributed by atoms with E-state index in [0.29, 0.717) is 6.54 Å². The Bertz CT molecular complexity index is 482. The zero-order valence-corrected chi connectivity index (χ0v) is 12.2. The molecule has 0 spiro atoms. The van der Waals surface area contributed by atoms with Crippen LogP contribution in [-0.4, -0.2) is 35.1 Å². The maximum atomic E-state index is 12.6. The van der Waals surface area contributed by atoms with E-state index in [2.05, 4.69) is 6.92 Å². The number of likely N-dealkylation sites (tertiary alicyclic amines) is 1. The molecule has 1 aromatic heterocycles. The third-order valence-electron chi connectivity index (χ3n) is 4.32. The van der Waals surface area contributed by atoms with Crippen molar-refractivity contribution >= 4 is 17.2 Å². The van der Waals surface area contributed by atoms with Crippen molar-refractivity contribution in [3.8, 4) is 0 Å². The number of carbonyl (C=O) groups is 1. The molecule has 104 valence electrons. The van der Waals surface area contributed by atoms with Crippen molar-refractivity contribution in [1.82, 2.24) is 4.90 Å². The Morgan fingerprint density at radius 2 is 2.32 bits per heavy atom. The smallest absolute Gasteiger partial charge is 0.255 e. The Hall–Kier alpha value is -0.870. The molecule has 2 heterocycles. The summed E-state index contributed by atoms with van der Waals surface area (Å²) in [5, 5.41) is 11.7. The number of aliphatic hydroxyl groups is 1. The standard InChI is InChI=1S/C15H21NO2S/c1-10-4-5-12-13(9-19-14(12)7-10)15(18)16-6-2-3-11(17)8-16/h9-11,17H,2-8H2,1H3. The maximum absolute atomic E-state index is 12.6. The van der Waals surface area contributed by atoms with Crippen LogP contribution >= 0.6 is 11.3 Å². The summed E-state index contributed by atoms with van der Waals surface area (Å²) in [6.07, 6.45) is 4.74. The Balaban J connectivity index is 1.80. The third kappa shape index (κ3) is 2.56. The van der Waals surface area contributed by atoms with Gasteiger partial charge in [-0.15, -0.1) is 11.3 Å². The van der Waals surface area contributed by atoms with Crippen LogP contribution in [0.3, 0.4) is 0 Å². The summed E-state index contributed by atoms with van der Waals surface area (Å²) in [4.78, 5) is 15.8. The average Bonchev–Trinajstić information content (AvgIpc) is 2.80. The van der Waals surface area contributed by atoms with Gasteiger partial charge in [-0.05, 0) is 43.6 Å². The normalized spacial score (nSPS) is 27.2. The summed E-state index contributed by atoms with van der Waals surface area (Å²) in [6.45, 7) is 3.57. The molecule has 1 amide bonds. The molecule has 1 fully saturated rings. The molecule has 0 saturated carbocycles. The second kappa shape index (κ2) is 5.25. The summed E-state index contributed by atoms with van der Waals surface area (Å²) >= 11 is 1.74. The van der Waals surface area contributed by atoms with Gasteiger partial charge in [0, 0.05) is 23.3 Å². The fraction of sp³-hybridized carbons (Fsp3) is 0.667. The first-order chi connectivity index (χ1) is 9.15. The predicted octanol–water partition coefficient (Wildman–Crippen LogP) is 2.47. The molecule has 1 aliphatic carbocycles. The number of β-amino-alcohol motifs (C(OH)–C–C–N with tert-alkyl or cyclic N) is 1. The third-order valence-corrected chi connectivity index (χ3v) is 5.37. The van der Waals surface area contributed by atoms with Gasteiger partial charge in [-0.1, -0.05) is 6.92 Å². The molecule has 0 radical (unpaired) electrons.